The minimum Gasteiger partial charge on any atom is -0.349 e. The van der Waals surface area contributed by atoms with E-state index in [9.17, 15) is 4.79 Å². The molecular formula is C15H20N4O. The van der Waals surface area contributed by atoms with Crippen LogP contribution in [0.3, 0.4) is 0 Å². The molecule has 0 aliphatic carbocycles. The minimum atomic E-state index is -0.182. The summed E-state index contributed by atoms with van der Waals surface area (Å²) >= 11 is 0. The van der Waals surface area contributed by atoms with Crippen molar-refractivity contribution in [3.8, 4) is 6.07 Å². The lowest BCUT2D eigenvalue weighted by Crippen LogP contribution is -2.44. The maximum absolute atomic E-state index is 12.0. The Hall–Kier alpha value is -1.93. The molecule has 1 unspecified atom stereocenters. The summed E-state index contributed by atoms with van der Waals surface area (Å²) in [5.74, 6) is -0.182. The van der Waals surface area contributed by atoms with Gasteiger partial charge in [0.25, 0.3) is 5.91 Å². The van der Waals surface area contributed by atoms with Crippen molar-refractivity contribution < 1.29 is 4.79 Å². The van der Waals surface area contributed by atoms with Crippen LogP contribution in [0.5, 0.6) is 0 Å². The van der Waals surface area contributed by atoms with Crippen LogP contribution in [0, 0.1) is 11.3 Å². The Balaban J connectivity index is 1.83. The Labute approximate surface area is 119 Å². The molecule has 1 aromatic heterocycles. The van der Waals surface area contributed by atoms with Gasteiger partial charge in [0.1, 0.15) is 11.8 Å². The van der Waals surface area contributed by atoms with Gasteiger partial charge in [0.2, 0.25) is 0 Å². The molecule has 5 nitrogen and oxygen atoms in total. The van der Waals surface area contributed by atoms with Crippen LogP contribution in [0.25, 0.3) is 0 Å². The highest BCUT2D eigenvalue weighted by atomic mass is 16.1. The normalized spacial score (nSPS) is 17.2. The summed E-state index contributed by atoms with van der Waals surface area (Å²) in [5, 5.41) is 11.6. The van der Waals surface area contributed by atoms with Crippen LogP contribution in [-0.4, -0.2) is 41.5 Å². The number of carbonyl (C=O) groups excluding carboxylic acids is 1. The molecule has 1 aliphatic heterocycles. The van der Waals surface area contributed by atoms with E-state index in [1.54, 1.807) is 12.1 Å². The van der Waals surface area contributed by atoms with Gasteiger partial charge in [-0.25, -0.2) is 4.98 Å². The van der Waals surface area contributed by atoms with E-state index in [1.165, 1.54) is 25.5 Å². The van der Waals surface area contributed by atoms with Crippen LogP contribution in [0.4, 0.5) is 0 Å². The molecule has 2 heterocycles. The summed E-state index contributed by atoms with van der Waals surface area (Å²) < 4.78 is 0. The quantitative estimate of drug-likeness (QED) is 0.903. The van der Waals surface area contributed by atoms with Crippen molar-refractivity contribution in [2.75, 3.05) is 19.6 Å². The highest BCUT2D eigenvalue weighted by Crippen LogP contribution is 2.11. The van der Waals surface area contributed by atoms with E-state index in [4.69, 9.17) is 5.26 Å². The van der Waals surface area contributed by atoms with Crippen molar-refractivity contribution in [3.63, 3.8) is 0 Å². The van der Waals surface area contributed by atoms with Crippen LogP contribution in [0.15, 0.2) is 18.3 Å². The summed E-state index contributed by atoms with van der Waals surface area (Å²) in [7, 11) is 0. The van der Waals surface area contributed by atoms with Crippen LogP contribution >= 0.6 is 0 Å². The van der Waals surface area contributed by atoms with Gasteiger partial charge in [-0.3, -0.25) is 9.69 Å². The average Bonchev–Trinajstić information content (AvgIpc) is 2.53. The van der Waals surface area contributed by atoms with E-state index >= 15 is 0 Å². The Kier molecular flexibility index (Phi) is 5.08. The molecule has 20 heavy (non-hydrogen) atoms. The fourth-order valence-electron chi connectivity index (χ4n) is 2.41. The third-order valence-electron chi connectivity index (χ3n) is 3.70. The zero-order valence-electron chi connectivity index (χ0n) is 11.8. The lowest BCUT2D eigenvalue weighted by molar-refractivity contribution is 0.0925. The monoisotopic (exact) mass is 272 g/mol. The third kappa shape index (κ3) is 3.78. The topological polar surface area (TPSA) is 69.0 Å². The van der Waals surface area contributed by atoms with Crippen molar-refractivity contribution in [1.29, 1.82) is 5.26 Å². The molecule has 1 aromatic rings. The van der Waals surface area contributed by atoms with E-state index in [0.29, 0.717) is 23.8 Å². The third-order valence-corrected chi connectivity index (χ3v) is 3.70. The molecule has 0 radical (unpaired) electrons. The van der Waals surface area contributed by atoms with E-state index in [2.05, 4.69) is 22.1 Å². The Morgan fingerprint density at radius 3 is 2.80 bits per heavy atom. The highest BCUT2D eigenvalue weighted by Gasteiger charge is 2.17. The number of hydrogen-bond donors (Lipinski definition) is 1. The first kappa shape index (κ1) is 14.5. The smallest absolute Gasteiger partial charge is 0.269 e. The summed E-state index contributed by atoms with van der Waals surface area (Å²) in [6.07, 6.45) is 5.22. The largest absolute Gasteiger partial charge is 0.349 e. The van der Waals surface area contributed by atoms with E-state index in [-0.39, 0.29) is 5.91 Å². The Bertz CT molecular complexity index is 486. The second kappa shape index (κ2) is 7.01. The lowest BCUT2D eigenvalue weighted by atomic mass is 10.1. The summed E-state index contributed by atoms with van der Waals surface area (Å²) in [6, 6.07) is 5.52. The molecule has 1 amide bonds. The highest BCUT2D eigenvalue weighted by molar-refractivity contribution is 5.92. The van der Waals surface area contributed by atoms with Crippen molar-refractivity contribution in [2.24, 2.45) is 0 Å². The molecule has 1 aliphatic rings. The molecule has 0 aromatic carbocycles. The van der Waals surface area contributed by atoms with E-state index in [1.807, 2.05) is 6.07 Å². The maximum Gasteiger partial charge on any atom is 0.269 e. The van der Waals surface area contributed by atoms with Crippen LogP contribution < -0.4 is 5.32 Å². The second-order valence-corrected chi connectivity index (χ2v) is 5.20. The van der Waals surface area contributed by atoms with Crippen LogP contribution in [0.1, 0.15) is 42.2 Å². The molecule has 0 saturated carbocycles. The number of nitrogens with zero attached hydrogens (tertiary/aromatic N) is 3. The predicted octanol–water partition coefficient (Wildman–Crippen LogP) is 1.56. The van der Waals surface area contributed by atoms with Gasteiger partial charge in [-0.05, 0) is 45.0 Å². The van der Waals surface area contributed by atoms with Gasteiger partial charge in [-0.15, -0.1) is 0 Å². The van der Waals surface area contributed by atoms with Crippen LogP contribution in [-0.2, 0) is 0 Å². The van der Waals surface area contributed by atoms with Crippen molar-refractivity contribution >= 4 is 5.91 Å². The first-order valence-electron chi connectivity index (χ1n) is 7.09. The average molecular weight is 272 g/mol. The van der Waals surface area contributed by atoms with Gasteiger partial charge in [0.05, 0.1) is 5.56 Å². The predicted molar refractivity (Wildman–Crippen MR) is 76.2 cm³/mol. The van der Waals surface area contributed by atoms with E-state index < -0.39 is 0 Å². The maximum atomic E-state index is 12.0. The molecule has 1 saturated heterocycles. The molecule has 5 heteroatoms. The van der Waals surface area contributed by atoms with Crippen molar-refractivity contribution in [2.45, 2.75) is 32.2 Å². The zero-order chi connectivity index (χ0) is 14.4. The number of likely N-dealkylation sites (tertiary alicyclic amines) is 1. The Morgan fingerprint density at radius 1 is 1.45 bits per heavy atom. The van der Waals surface area contributed by atoms with Crippen LogP contribution in [0.2, 0.25) is 0 Å². The van der Waals surface area contributed by atoms with Gasteiger partial charge >= 0.3 is 0 Å². The number of amides is 1. The second-order valence-electron chi connectivity index (χ2n) is 5.20. The SMILES string of the molecule is CC(CNC(=O)c1ccc(C#N)cn1)N1CCCCC1. The molecule has 1 atom stereocenters. The molecular weight excluding hydrogens is 252 g/mol. The number of carbonyl (C=O) groups is 1. The number of pyridine rings is 1. The van der Waals surface area contributed by atoms with Gasteiger partial charge in [-0.2, -0.15) is 5.26 Å². The zero-order valence-corrected chi connectivity index (χ0v) is 11.8. The minimum absolute atomic E-state index is 0.182. The molecule has 2 rings (SSSR count). The van der Waals surface area contributed by atoms with Crippen molar-refractivity contribution in [3.05, 3.63) is 29.6 Å². The molecule has 1 fully saturated rings. The number of hydrogen-bond acceptors (Lipinski definition) is 4. The molecule has 106 valence electrons. The first-order chi connectivity index (χ1) is 9.70. The summed E-state index contributed by atoms with van der Waals surface area (Å²) in [6.45, 7) is 5.00. The standard InChI is InChI=1S/C15H20N4O/c1-12(19-7-3-2-4-8-19)10-18-15(20)14-6-5-13(9-16)11-17-14/h5-6,11-12H,2-4,7-8,10H2,1H3,(H,18,20). The summed E-state index contributed by atoms with van der Waals surface area (Å²) in [4.78, 5) is 18.4. The molecule has 0 bridgehead atoms. The van der Waals surface area contributed by atoms with E-state index in [0.717, 1.165) is 13.1 Å². The van der Waals surface area contributed by atoms with Crippen molar-refractivity contribution in [1.82, 2.24) is 15.2 Å². The number of nitrogens with one attached hydrogen (secondary N) is 1. The summed E-state index contributed by atoms with van der Waals surface area (Å²) in [5.41, 5.74) is 0.818. The first-order valence-corrected chi connectivity index (χ1v) is 7.09. The number of rotatable bonds is 4. The fraction of sp³-hybridized carbons (Fsp3) is 0.533. The number of aromatic nitrogens is 1. The molecule has 0 spiro atoms. The fourth-order valence-corrected chi connectivity index (χ4v) is 2.41. The van der Waals surface area contributed by atoms with Gasteiger partial charge in [-0.1, -0.05) is 6.42 Å². The number of piperidine rings is 1. The lowest BCUT2D eigenvalue weighted by Gasteiger charge is -2.32. The number of nitriles is 1. The Morgan fingerprint density at radius 2 is 2.20 bits per heavy atom. The van der Waals surface area contributed by atoms with Gasteiger partial charge in [0.15, 0.2) is 0 Å². The molecule has 1 N–H and O–H groups in total. The van der Waals surface area contributed by atoms with Gasteiger partial charge < -0.3 is 5.32 Å². The van der Waals surface area contributed by atoms with Gasteiger partial charge in [0, 0.05) is 18.8 Å².